The highest BCUT2D eigenvalue weighted by Crippen LogP contribution is 2.29. The van der Waals surface area contributed by atoms with Gasteiger partial charge >= 0.3 is 0 Å². The molecule has 1 N–H and O–H groups in total. The second-order valence-electron chi connectivity index (χ2n) is 6.56. The molecule has 0 aliphatic rings. The second kappa shape index (κ2) is 9.86. The second-order valence-corrected chi connectivity index (χ2v) is 7.42. The van der Waals surface area contributed by atoms with Crippen LogP contribution < -0.4 is 14.9 Å². The van der Waals surface area contributed by atoms with E-state index in [2.05, 4.69) is 15.5 Å². The van der Waals surface area contributed by atoms with Gasteiger partial charge in [-0.15, -0.1) is 11.3 Å². The van der Waals surface area contributed by atoms with Gasteiger partial charge in [0.25, 0.3) is 0 Å². The van der Waals surface area contributed by atoms with Crippen LogP contribution in [0.1, 0.15) is 11.1 Å². The van der Waals surface area contributed by atoms with Crippen molar-refractivity contribution in [3.05, 3.63) is 95.1 Å². The summed E-state index contributed by atoms with van der Waals surface area (Å²) >= 11 is 1.48. The van der Waals surface area contributed by atoms with Gasteiger partial charge in [0.05, 0.1) is 19.0 Å². The van der Waals surface area contributed by atoms with Crippen LogP contribution >= 0.6 is 11.3 Å². The lowest BCUT2D eigenvalue weighted by Gasteiger charge is -2.11. The third kappa shape index (κ3) is 5.26. The van der Waals surface area contributed by atoms with Crippen LogP contribution in [0.15, 0.2) is 83.3 Å². The van der Waals surface area contributed by atoms with Gasteiger partial charge in [0.15, 0.2) is 11.5 Å². The van der Waals surface area contributed by atoms with Crippen LogP contribution in [0.2, 0.25) is 0 Å². The average Bonchev–Trinajstić information content (AvgIpc) is 3.28. The summed E-state index contributed by atoms with van der Waals surface area (Å²) in [6.45, 7) is 0.100. The highest BCUT2D eigenvalue weighted by atomic mass is 32.1. The first kappa shape index (κ1) is 20.6. The van der Waals surface area contributed by atoms with Gasteiger partial charge < -0.3 is 9.47 Å². The maximum atomic E-state index is 13.8. The van der Waals surface area contributed by atoms with Gasteiger partial charge in [-0.1, -0.05) is 48.5 Å². The Kier molecular flexibility index (Phi) is 6.54. The molecule has 31 heavy (non-hydrogen) atoms. The molecule has 7 heteroatoms. The van der Waals surface area contributed by atoms with E-state index in [-0.39, 0.29) is 12.4 Å². The van der Waals surface area contributed by atoms with E-state index in [1.54, 1.807) is 43.7 Å². The van der Waals surface area contributed by atoms with Gasteiger partial charge in [-0.3, -0.25) is 5.43 Å². The molecular weight excluding hydrogens is 413 g/mol. The summed E-state index contributed by atoms with van der Waals surface area (Å²) in [7, 11) is 1.56. The van der Waals surface area contributed by atoms with Gasteiger partial charge in [-0.05, 0) is 29.8 Å². The molecule has 5 nitrogen and oxygen atoms in total. The summed E-state index contributed by atoms with van der Waals surface area (Å²) in [6, 6.07) is 21.9. The molecule has 3 aromatic carbocycles. The Morgan fingerprint density at radius 1 is 1.03 bits per heavy atom. The molecule has 0 atom stereocenters. The van der Waals surface area contributed by atoms with E-state index >= 15 is 0 Å². The molecule has 1 heterocycles. The van der Waals surface area contributed by atoms with E-state index in [1.807, 2.05) is 41.8 Å². The van der Waals surface area contributed by atoms with Crippen LogP contribution in [-0.4, -0.2) is 18.3 Å². The molecule has 0 fully saturated rings. The number of aromatic nitrogens is 1. The largest absolute Gasteiger partial charge is 0.493 e. The van der Waals surface area contributed by atoms with Crippen LogP contribution in [0.3, 0.4) is 0 Å². The first-order valence-electron chi connectivity index (χ1n) is 9.57. The highest BCUT2D eigenvalue weighted by molar-refractivity contribution is 7.14. The number of methoxy groups -OCH3 is 1. The van der Waals surface area contributed by atoms with Crippen molar-refractivity contribution < 1.29 is 13.9 Å². The van der Waals surface area contributed by atoms with Crippen molar-refractivity contribution in [2.75, 3.05) is 12.5 Å². The lowest BCUT2D eigenvalue weighted by molar-refractivity contribution is 0.279. The number of thiazole rings is 1. The molecule has 0 radical (unpaired) electrons. The number of hydrogen-bond acceptors (Lipinski definition) is 6. The fraction of sp³-hybridized carbons (Fsp3) is 0.0833. The smallest absolute Gasteiger partial charge is 0.203 e. The maximum absolute atomic E-state index is 13.8. The fourth-order valence-corrected chi connectivity index (χ4v) is 3.55. The number of halogens is 1. The Morgan fingerprint density at radius 3 is 2.65 bits per heavy atom. The predicted octanol–water partition coefficient (Wildman–Crippen LogP) is 5.98. The van der Waals surface area contributed by atoms with Gasteiger partial charge in [0, 0.05) is 16.5 Å². The Labute approximate surface area is 183 Å². The quantitative estimate of drug-likeness (QED) is 0.274. The van der Waals surface area contributed by atoms with Crippen molar-refractivity contribution in [1.82, 2.24) is 4.98 Å². The van der Waals surface area contributed by atoms with Crippen molar-refractivity contribution in [3.63, 3.8) is 0 Å². The van der Waals surface area contributed by atoms with E-state index in [1.165, 1.54) is 17.4 Å². The topological polar surface area (TPSA) is 55.7 Å². The Hall–Kier alpha value is -3.71. The van der Waals surface area contributed by atoms with Crippen molar-refractivity contribution in [2.45, 2.75) is 6.61 Å². The van der Waals surface area contributed by atoms with Crippen LogP contribution in [-0.2, 0) is 6.61 Å². The third-order valence-electron chi connectivity index (χ3n) is 4.48. The zero-order valence-corrected chi connectivity index (χ0v) is 17.6. The molecule has 4 aromatic rings. The molecule has 0 saturated heterocycles. The Bertz CT molecular complexity index is 1180. The van der Waals surface area contributed by atoms with Crippen LogP contribution in [0, 0.1) is 5.82 Å². The summed E-state index contributed by atoms with van der Waals surface area (Å²) in [5.74, 6) is 0.769. The lowest BCUT2D eigenvalue weighted by Crippen LogP contribution is -2.00. The molecule has 0 saturated carbocycles. The molecule has 0 spiro atoms. The number of hydrogen-bond donors (Lipinski definition) is 1. The lowest BCUT2D eigenvalue weighted by atomic mass is 10.2. The number of anilines is 1. The molecule has 156 valence electrons. The zero-order valence-electron chi connectivity index (χ0n) is 16.8. The van der Waals surface area contributed by atoms with Crippen LogP contribution in [0.25, 0.3) is 11.3 Å². The van der Waals surface area contributed by atoms with Crippen molar-refractivity contribution in [3.8, 4) is 22.8 Å². The number of nitrogens with one attached hydrogen (secondary N) is 1. The minimum atomic E-state index is -0.304. The summed E-state index contributed by atoms with van der Waals surface area (Å²) in [5, 5.41) is 6.94. The molecule has 0 aliphatic carbocycles. The van der Waals surface area contributed by atoms with E-state index in [0.717, 1.165) is 16.8 Å². The van der Waals surface area contributed by atoms with Crippen molar-refractivity contribution in [1.29, 1.82) is 0 Å². The first-order valence-corrected chi connectivity index (χ1v) is 10.4. The van der Waals surface area contributed by atoms with Gasteiger partial charge in [-0.25, -0.2) is 9.37 Å². The molecule has 0 unspecified atom stereocenters. The standard InChI is InChI=1S/C24H20FN3O2S/c1-29-22-12-11-17(13-23(22)30-15-19-9-5-6-10-20(19)25)14-26-28-24-27-21(16-31-24)18-7-3-2-4-8-18/h2-14,16H,15H2,1H3,(H,27,28). The maximum Gasteiger partial charge on any atom is 0.203 e. The number of benzene rings is 3. The minimum absolute atomic E-state index is 0.100. The third-order valence-corrected chi connectivity index (χ3v) is 5.22. The molecule has 0 amide bonds. The van der Waals surface area contributed by atoms with Crippen LogP contribution in [0.4, 0.5) is 9.52 Å². The molecule has 4 rings (SSSR count). The SMILES string of the molecule is COc1ccc(C=NNc2nc(-c3ccccc3)cs2)cc1OCc1ccccc1F. The molecule has 0 aliphatic heterocycles. The fourth-order valence-electron chi connectivity index (χ4n) is 2.89. The van der Waals surface area contributed by atoms with E-state index in [0.29, 0.717) is 22.2 Å². The predicted molar refractivity (Wildman–Crippen MR) is 122 cm³/mol. The number of hydrazone groups is 1. The number of ether oxygens (including phenoxy) is 2. The Morgan fingerprint density at radius 2 is 1.84 bits per heavy atom. The van der Waals surface area contributed by atoms with Crippen molar-refractivity contribution >= 4 is 22.7 Å². The van der Waals surface area contributed by atoms with E-state index in [9.17, 15) is 4.39 Å². The normalized spacial score (nSPS) is 10.9. The van der Waals surface area contributed by atoms with E-state index in [4.69, 9.17) is 9.47 Å². The van der Waals surface area contributed by atoms with Crippen molar-refractivity contribution in [2.24, 2.45) is 5.10 Å². The number of rotatable bonds is 8. The van der Waals surface area contributed by atoms with E-state index < -0.39 is 0 Å². The molecule has 0 bridgehead atoms. The summed E-state index contributed by atoms with van der Waals surface area (Å²) in [5.41, 5.74) is 6.19. The zero-order chi connectivity index (χ0) is 21.5. The van der Waals surface area contributed by atoms with Crippen LogP contribution in [0.5, 0.6) is 11.5 Å². The monoisotopic (exact) mass is 433 g/mol. The molecule has 1 aromatic heterocycles. The summed E-state index contributed by atoms with van der Waals surface area (Å²) in [4.78, 5) is 4.54. The minimum Gasteiger partial charge on any atom is -0.493 e. The summed E-state index contributed by atoms with van der Waals surface area (Å²) < 4.78 is 25.0. The Balaban J connectivity index is 1.42. The first-order chi connectivity index (χ1) is 15.2. The summed E-state index contributed by atoms with van der Waals surface area (Å²) in [6.07, 6.45) is 1.67. The highest BCUT2D eigenvalue weighted by Gasteiger charge is 2.08. The molecular formula is C24H20FN3O2S. The van der Waals surface area contributed by atoms with Gasteiger partial charge in [0.1, 0.15) is 12.4 Å². The van der Waals surface area contributed by atoms with Gasteiger partial charge in [0.2, 0.25) is 5.13 Å². The average molecular weight is 434 g/mol. The van der Waals surface area contributed by atoms with Gasteiger partial charge in [-0.2, -0.15) is 5.10 Å². The number of nitrogens with zero attached hydrogens (tertiary/aromatic N) is 2.